The van der Waals surface area contributed by atoms with E-state index in [1.54, 1.807) is 6.20 Å². The highest BCUT2D eigenvalue weighted by Gasteiger charge is 2.09. The van der Waals surface area contributed by atoms with Crippen molar-refractivity contribution in [3.8, 4) is 22.6 Å². The number of hydrogen-bond acceptors (Lipinski definition) is 6. The molecular formula is C17H19N5O. The molecule has 0 saturated heterocycles. The van der Waals surface area contributed by atoms with Gasteiger partial charge in [0.25, 0.3) is 0 Å². The monoisotopic (exact) mass is 309 g/mol. The van der Waals surface area contributed by atoms with Crippen molar-refractivity contribution in [1.29, 1.82) is 0 Å². The van der Waals surface area contributed by atoms with Gasteiger partial charge in [-0.3, -0.25) is 0 Å². The van der Waals surface area contributed by atoms with E-state index in [4.69, 9.17) is 4.52 Å². The van der Waals surface area contributed by atoms with Crippen molar-refractivity contribution in [3.63, 3.8) is 0 Å². The molecule has 0 spiro atoms. The lowest BCUT2D eigenvalue weighted by Crippen LogP contribution is -2.21. The van der Waals surface area contributed by atoms with Crippen molar-refractivity contribution in [2.75, 3.05) is 0 Å². The molecule has 0 unspecified atom stereocenters. The van der Waals surface area contributed by atoms with Gasteiger partial charge in [0.15, 0.2) is 0 Å². The molecular weight excluding hydrogens is 290 g/mol. The molecule has 0 radical (unpaired) electrons. The number of rotatable bonds is 5. The van der Waals surface area contributed by atoms with E-state index in [2.05, 4.69) is 39.3 Å². The van der Waals surface area contributed by atoms with E-state index in [9.17, 15) is 0 Å². The van der Waals surface area contributed by atoms with Gasteiger partial charge in [0.2, 0.25) is 11.7 Å². The summed E-state index contributed by atoms with van der Waals surface area (Å²) in [6.07, 6.45) is 1.76. The standard InChI is InChI=1S/C17H19N5O/c1-11(2)19-10-16-21-17(22-23-16)14-6-4-13(5-7-14)15-8-9-18-12(3)20-15/h4-9,11,19H,10H2,1-3H3. The lowest BCUT2D eigenvalue weighted by molar-refractivity contribution is 0.362. The number of hydrogen-bond donors (Lipinski definition) is 1. The summed E-state index contributed by atoms with van der Waals surface area (Å²) in [7, 11) is 0. The molecule has 3 aromatic rings. The van der Waals surface area contributed by atoms with Crippen molar-refractivity contribution >= 4 is 0 Å². The summed E-state index contributed by atoms with van der Waals surface area (Å²) >= 11 is 0. The van der Waals surface area contributed by atoms with Gasteiger partial charge in [0.1, 0.15) is 5.82 Å². The van der Waals surface area contributed by atoms with Gasteiger partial charge in [-0.2, -0.15) is 4.98 Å². The van der Waals surface area contributed by atoms with Crippen LogP contribution in [0.3, 0.4) is 0 Å². The molecule has 0 amide bonds. The number of aromatic nitrogens is 4. The average Bonchev–Trinajstić information content (AvgIpc) is 3.02. The minimum absolute atomic E-state index is 0.376. The maximum absolute atomic E-state index is 5.26. The summed E-state index contributed by atoms with van der Waals surface area (Å²) in [5.74, 6) is 1.94. The fourth-order valence-corrected chi connectivity index (χ4v) is 2.14. The Morgan fingerprint density at radius 2 is 1.78 bits per heavy atom. The summed E-state index contributed by atoms with van der Waals surface area (Å²) in [5, 5.41) is 7.28. The van der Waals surface area contributed by atoms with E-state index in [1.165, 1.54) is 0 Å². The summed E-state index contributed by atoms with van der Waals surface area (Å²) in [6.45, 7) is 6.60. The van der Waals surface area contributed by atoms with Crippen molar-refractivity contribution < 1.29 is 4.52 Å². The lowest BCUT2D eigenvalue weighted by atomic mass is 10.1. The normalized spacial score (nSPS) is 11.1. The van der Waals surface area contributed by atoms with Gasteiger partial charge in [0.05, 0.1) is 12.2 Å². The SMILES string of the molecule is Cc1nccc(-c2ccc(-c3noc(CNC(C)C)n3)cc2)n1. The van der Waals surface area contributed by atoms with E-state index in [0.29, 0.717) is 24.3 Å². The van der Waals surface area contributed by atoms with Crippen LogP contribution in [0.4, 0.5) is 0 Å². The van der Waals surface area contributed by atoms with E-state index < -0.39 is 0 Å². The Hall–Kier alpha value is -2.60. The van der Waals surface area contributed by atoms with Gasteiger partial charge in [-0.25, -0.2) is 9.97 Å². The van der Waals surface area contributed by atoms with Crippen LogP contribution in [0.1, 0.15) is 25.6 Å². The molecule has 3 rings (SSSR count). The predicted octanol–water partition coefficient (Wildman–Crippen LogP) is 3.00. The minimum atomic E-state index is 0.376. The Morgan fingerprint density at radius 3 is 2.48 bits per heavy atom. The smallest absolute Gasteiger partial charge is 0.240 e. The third-order valence-corrected chi connectivity index (χ3v) is 3.34. The van der Waals surface area contributed by atoms with Crippen molar-refractivity contribution in [2.45, 2.75) is 33.4 Å². The van der Waals surface area contributed by atoms with Crippen molar-refractivity contribution in [2.24, 2.45) is 0 Å². The second-order valence-electron chi connectivity index (χ2n) is 5.61. The van der Waals surface area contributed by atoms with E-state index in [0.717, 1.165) is 22.6 Å². The number of nitrogens with one attached hydrogen (secondary N) is 1. The molecule has 0 fully saturated rings. The lowest BCUT2D eigenvalue weighted by Gasteiger charge is -2.03. The van der Waals surface area contributed by atoms with Gasteiger partial charge in [-0.1, -0.05) is 43.3 Å². The molecule has 0 atom stereocenters. The van der Waals surface area contributed by atoms with Gasteiger partial charge in [-0.15, -0.1) is 0 Å². The van der Waals surface area contributed by atoms with E-state index in [-0.39, 0.29) is 0 Å². The maximum atomic E-state index is 5.26. The molecule has 0 saturated carbocycles. The summed E-state index contributed by atoms with van der Waals surface area (Å²) in [5.41, 5.74) is 2.85. The summed E-state index contributed by atoms with van der Waals surface area (Å²) in [6, 6.07) is 10.2. The minimum Gasteiger partial charge on any atom is -0.338 e. The molecule has 6 heteroatoms. The van der Waals surface area contributed by atoms with Gasteiger partial charge in [0, 0.05) is 23.4 Å². The van der Waals surface area contributed by atoms with Crippen LogP contribution in [0, 0.1) is 6.92 Å². The first-order valence-corrected chi connectivity index (χ1v) is 7.58. The van der Waals surface area contributed by atoms with Gasteiger partial charge >= 0.3 is 0 Å². The van der Waals surface area contributed by atoms with Crippen molar-refractivity contribution in [3.05, 3.63) is 48.2 Å². The van der Waals surface area contributed by atoms with E-state index >= 15 is 0 Å². The maximum Gasteiger partial charge on any atom is 0.240 e. The highest BCUT2D eigenvalue weighted by molar-refractivity contribution is 5.64. The molecule has 2 heterocycles. The average molecular weight is 309 g/mol. The zero-order chi connectivity index (χ0) is 16.2. The summed E-state index contributed by atoms with van der Waals surface area (Å²) in [4.78, 5) is 12.9. The fourth-order valence-electron chi connectivity index (χ4n) is 2.14. The molecule has 0 aliphatic rings. The Labute approximate surface area is 135 Å². The Bertz CT molecular complexity index is 780. The van der Waals surface area contributed by atoms with Crippen LogP contribution in [0.15, 0.2) is 41.1 Å². The third-order valence-electron chi connectivity index (χ3n) is 3.34. The molecule has 0 bridgehead atoms. The van der Waals surface area contributed by atoms with Crippen molar-refractivity contribution in [1.82, 2.24) is 25.4 Å². The fraction of sp³-hybridized carbons (Fsp3) is 0.294. The second-order valence-corrected chi connectivity index (χ2v) is 5.61. The Kier molecular flexibility index (Phi) is 4.43. The van der Waals surface area contributed by atoms with Crippen LogP contribution in [0.25, 0.3) is 22.6 Å². The zero-order valence-corrected chi connectivity index (χ0v) is 13.4. The zero-order valence-electron chi connectivity index (χ0n) is 13.4. The van der Waals surface area contributed by atoms with Crippen LogP contribution in [-0.4, -0.2) is 26.2 Å². The number of benzene rings is 1. The molecule has 0 aliphatic heterocycles. The number of aryl methyl sites for hydroxylation is 1. The van der Waals surface area contributed by atoms with Crippen LogP contribution >= 0.6 is 0 Å². The highest BCUT2D eigenvalue weighted by Crippen LogP contribution is 2.22. The van der Waals surface area contributed by atoms with Crippen LogP contribution in [0.2, 0.25) is 0 Å². The highest BCUT2D eigenvalue weighted by atomic mass is 16.5. The molecule has 23 heavy (non-hydrogen) atoms. The first-order valence-electron chi connectivity index (χ1n) is 7.58. The van der Waals surface area contributed by atoms with Gasteiger partial charge < -0.3 is 9.84 Å². The first-order chi connectivity index (χ1) is 11.1. The molecule has 1 aromatic carbocycles. The second kappa shape index (κ2) is 6.66. The third kappa shape index (κ3) is 3.78. The predicted molar refractivity (Wildman–Crippen MR) is 87.5 cm³/mol. The van der Waals surface area contributed by atoms with Crippen LogP contribution < -0.4 is 5.32 Å². The molecule has 1 N–H and O–H groups in total. The summed E-state index contributed by atoms with van der Waals surface area (Å²) < 4.78 is 5.26. The Morgan fingerprint density at radius 1 is 1.04 bits per heavy atom. The first kappa shape index (κ1) is 15.3. The molecule has 2 aromatic heterocycles. The Balaban J connectivity index is 1.77. The van der Waals surface area contributed by atoms with Crippen LogP contribution in [0.5, 0.6) is 0 Å². The van der Waals surface area contributed by atoms with Gasteiger partial charge in [-0.05, 0) is 13.0 Å². The molecule has 118 valence electrons. The quantitative estimate of drug-likeness (QED) is 0.780. The number of nitrogens with zero attached hydrogens (tertiary/aromatic N) is 4. The topological polar surface area (TPSA) is 76.7 Å². The largest absolute Gasteiger partial charge is 0.338 e. The molecule has 0 aliphatic carbocycles. The van der Waals surface area contributed by atoms with E-state index in [1.807, 2.05) is 37.3 Å². The van der Waals surface area contributed by atoms with Crippen LogP contribution in [-0.2, 0) is 6.54 Å². The molecule has 6 nitrogen and oxygen atoms in total.